The first kappa shape index (κ1) is 16.3. The topological polar surface area (TPSA) is 34.1 Å². The Labute approximate surface area is 144 Å². The molecule has 0 N–H and O–H groups in total. The Morgan fingerprint density at radius 3 is 1.67 bits per heavy atom. The van der Waals surface area contributed by atoms with E-state index in [1.807, 2.05) is 66.7 Å². The minimum atomic E-state index is -0.990. The molecule has 120 valence electrons. The van der Waals surface area contributed by atoms with Gasteiger partial charge in [-0.2, -0.15) is 0 Å². The van der Waals surface area contributed by atoms with Crippen molar-refractivity contribution in [3.8, 4) is 0 Å². The minimum Gasteiger partial charge on any atom is -0.295 e. The Balaban J connectivity index is 0.000000162. The van der Waals surface area contributed by atoms with Gasteiger partial charge in [0.05, 0.1) is 10.8 Å². The molecule has 1 aliphatic rings. The summed E-state index contributed by atoms with van der Waals surface area (Å²) in [6.07, 6.45) is 0.901. The summed E-state index contributed by atoms with van der Waals surface area (Å²) in [5.41, 5.74) is 3.15. The van der Waals surface area contributed by atoms with Crippen molar-refractivity contribution in [1.82, 2.24) is 0 Å². The number of fused-ring (bicyclic) bond motifs is 2. The van der Waals surface area contributed by atoms with Gasteiger partial charge in [0.2, 0.25) is 0 Å². The summed E-state index contributed by atoms with van der Waals surface area (Å²) < 4.78 is 12.2. The largest absolute Gasteiger partial charge is 0.295 e. The zero-order valence-corrected chi connectivity index (χ0v) is 14.3. The van der Waals surface area contributed by atoms with Gasteiger partial charge >= 0.3 is 0 Å². The molecule has 0 unspecified atom stereocenters. The van der Waals surface area contributed by atoms with E-state index in [0.717, 1.165) is 21.8 Å². The molecule has 0 bridgehead atoms. The fraction of sp³-hybridized carbons (Fsp3) is 0.0952. The third kappa shape index (κ3) is 3.52. The third-order valence-electron chi connectivity index (χ3n) is 3.91. The highest BCUT2D eigenvalue weighted by Crippen LogP contribution is 2.30. The SMILES string of the molecule is CC(=O)c1ccccc1.O=S1c2ccccc2Cc2ccccc21. The maximum absolute atomic E-state index is 12.2. The summed E-state index contributed by atoms with van der Waals surface area (Å²) in [7, 11) is -0.990. The van der Waals surface area contributed by atoms with Gasteiger partial charge in [-0.3, -0.25) is 4.79 Å². The van der Waals surface area contributed by atoms with Crippen LogP contribution in [0.2, 0.25) is 0 Å². The van der Waals surface area contributed by atoms with E-state index < -0.39 is 10.8 Å². The number of hydrogen-bond acceptors (Lipinski definition) is 2. The van der Waals surface area contributed by atoms with Crippen molar-refractivity contribution in [2.45, 2.75) is 23.1 Å². The summed E-state index contributed by atoms with van der Waals surface area (Å²) >= 11 is 0. The van der Waals surface area contributed by atoms with Crippen molar-refractivity contribution < 1.29 is 9.00 Å². The Morgan fingerprint density at radius 1 is 0.750 bits per heavy atom. The predicted octanol–water partition coefficient (Wildman–Crippen LogP) is 4.65. The first-order chi connectivity index (χ1) is 11.7. The van der Waals surface area contributed by atoms with Gasteiger partial charge in [0.15, 0.2) is 5.78 Å². The van der Waals surface area contributed by atoms with E-state index >= 15 is 0 Å². The zero-order chi connectivity index (χ0) is 16.9. The first-order valence-electron chi connectivity index (χ1n) is 7.80. The van der Waals surface area contributed by atoms with E-state index in [-0.39, 0.29) is 5.78 Å². The fourth-order valence-electron chi connectivity index (χ4n) is 2.66. The Bertz CT molecular complexity index is 838. The number of ketones is 1. The van der Waals surface area contributed by atoms with Crippen LogP contribution in [0.1, 0.15) is 28.4 Å². The predicted molar refractivity (Wildman–Crippen MR) is 96.8 cm³/mol. The molecule has 0 radical (unpaired) electrons. The molecular weight excluding hydrogens is 316 g/mol. The molecule has 3 heteroatoms. The summed E-state index contributed by atoms with van der Waals surface area (Å²) in [6, 6.07) is 25.2. The second kappa shape index (κ2) is 7.37. The van der Waals surface area contributed by atoms with Gasteiger partial charge in [-0.25, -0.2) is 4.21 Å². The van der Waals surface area contributed by atoms with E-state index in [9.17, 15) is 9.00 Å². The lowest BCUT2D eigenvalue weighted by atomic mass is 10.0. The van der Waals surface area contributed by atoms with Gasteiger partial charge in [-0.15, -0.1) is 0 Å². The average Bonchev–Trinajstić information content (AvgIpc) is 2.63. The van der Waals surface area contributed by atoms with Gasteiger partial charge in [0.1, 0.15) is 0 Å². The molecule has 0 fully saturated rings. The van der Waals surface area contributed by atoms with Crippen molar-refractivity contribution >= 4 is 16.6 Å². The molecule has 0 spiro atoms. The summed E-state index contributed by atoms with van der Waals surface area (Å²) in [5.74, 6) is 0.121. The number of hydrogen-bond donors (Lipinski definition) is 0. The van der Waals surface area contributed by atoms with Crippen LogP contribution in [-0.2, 0) is 17.2 Å². The van der Waals surface area contributed by atoms with Crippen molar-refractivity contribution in [3.63, 3.8) is 0 Å². The molecule has 0 amide bonds. The van der Waals surface area contributed by atoms with E-state index in [0.29, 0.717) is 0 Å². The monoisotopic (exact) mass is 334 g/mol. The molecule has 3 aromatic carbocycles. The molecular formula is C21H18O2S. The minimum absolute atomic E-state index is 0.121. The summed E-state index contributed by atoms with van der Waals surface area (Å²) in [4.78, 5) is 12.6. The maximum atomic E-state index is 12.2. The normalized spacial score (nSPS) is 12.4. The van der Waals surface area contributed by atoms with Crippen LogP contribution in [0.25, 0.3) is 0 Å². The fourth-order valence-corrected chi connectivity index (χ4v) is 4.06. The second-order valence-electron chi connectivity index (χ2n) is 5.58. The standard InChI is InChI=1S/C13H10OS.C8H8O/c14-15-12-7-3-1-5-10(12)9-11-6-2-4-8-13(11)15;1-7(9)8-5-3-2-4-6-8/h1-8H,9H2;2-6H,1H3. The number of rotatable bonds is 1. The summed E-state index contributed by atoms with van der Waals surface area (Å²) in [5, 5.41) is 0. The quantitative estimate of drug-likeness (QED) is 0.475. The first-order valence-corrected chi connectivity index (χ1v) is 8.95. The highest BCUT2D eigenvalue weighted by molar-refractivity contribution is 7.85. The van der Waals surface area contributed by atoms with Crippen LogP contribution in [0.15, 0.2) is 88.7 Å². The number of Topliss-reactive ketones (excluding diaryl/α,β-unsaturated/α-hetero) is 1. The third-order valence-corrected chi connectivity index (χ3v) is 5.50. The molecule has 0 saturated heterocycles. The molecule has 0 aromatic heterocycles. The van der Waals surface area contributed by atoms with Crippen molar-refractivity contribution in [2.24, 2.45) is 0 Å². The highest BCUT2D eigenvalue weighted by atomic mass is 32.2. The summed E-state index contributed by atoms with van der Waals surface area (Å²) in [6.45, 7) is 1.56. The van der Waals surface area contributed by atoms with Crippen LogP contribution in [0.4, 0.5) is 0 Å². The molecule has 0 aliphatic carbocycles. The molecule has 24 heavy (non-hydrogen) atoms. The molecule has 0 atom stereocenters. The van der Waals surface area contributed by atoms with Gasteiger partial charge < -0.3 is 0 Å². The second-order valence-corrected chi connectivity index (χ2v) is 7.00. The van der Waals surface area contributed by atoms with Crippen LogP contribution in [0.5, 0.6) is 0 Å². The smallest absolute Gasteiger partial charge is 0.159 e. The lowest BCUT2D eigenvalue weighted by Crippen LogP contribution is -2.08. The molecule has 0 saturated carbocycles. The van der Waals surface area contributed by atoms with E-state index in [2.05, 4.69) is 12.1 Å². The van der Waals surface area contributed by atoms with Crippen LogP contribution in [-0.4, -0.2) is 9.99 Å². The van der Waals surface area contributed by atoms with Crippen LogP contribution in [0.3, 0.4) is 0 Å². The van der Waals surface area contributed by atoms with Crippen molar-refractivity contribution in [1.29, 1.82) is 0 Å². The van der Waals surface area contributed by atoms with Gasteiger partial charge in [0.25, 0.3) is 0 Å². The van der Waals surface area contributed by atoms with E-state index in [1.54, 1.807) is 6.92 Å². The van der Waals surface area contributed by atoms with Gasteiger partial charge in [0, 0.05) is 15.4 Å². The lowest BCUT2D eigenvalue weighted by Gasteiger charge is -2.18. The molecule has 1 heterocycles. The molecule has 3 aromatic rings. The van der Waals surface area contributed by atoms with Crippen LogP contribution >= 0.6 is 0 Å². The van der Waals surface area contributed by atoms with Crippen molar-refractivity contribution in [3.05, 3.63) is 95.6 Å². The number of benzene rings is 3. The Hall–Kier alpha value is -2.52. The number of carbonyl (C=O) groups is 1. The Morgan fingerprint density at radius 2 is 1.21 bits per heavy atom. The van der Waals surface area contributed by atoms with E-state index in [4.69, 9.17) is 0 Å². The molecule has 1 aliphatic heterocycles. The van der Waals surface area contributed by atoms with Gasteiger partial charge in [-0.05, 0) is 36.6 Å². The highest BCUT2D eigenvalue weighted by Gasteiger charge is 2.20. The Kier molecular flexibility index (Phi) is 5.02. The maximum Gasteiger partial charge on any atom is 0.159 e. The average molecular weight is 334 g/mol. The lowest BCUT2D eigenvalue weighted by molar-refractivity contribution is 0.101. The van der Waals surface area contributed by atoms with Gasteiger partial charge in [-0.1, -0.05) is 66.7 Å². The molecule has 2 nitrogen and oxygen atoms in total. The van der Waals surface area contributed by atoms with E-state index in [1.165, 1.54) is 11.1 Å². The van der Waals surface area contributed by atoms with Crippen LogP contribution in [0, 0.1) is 0 Å². The van der Waals surface area contributed by atoms with Crippen molar-refractivity contribution in [2.75, 3.05) is 0 Å². The molecule has 4 rings (SSSR count). The zero-order valence-electron chi connectivity index (χ0n) is 13.4. The number of carbonyl (C=O) groups excluding carboxylic acids is 1. The van der Waals surface area contributed by atoms with Crippen LogP contribution < -0.4 is 0 Å².